The Balaban J connectivity index is 1.27. The molecule has 3 nitrogen and oxygen atoms in total. The van der Waals surface area contributed by atoms with E-state index in [1.807, 2.05) is 0 Å². The van der Waals surface area contributed by atoms with Gasteiger partial charge in [0.2, 0.25) is 0 Å². The maximum absolute atomic E-state index is 3.61. The van der Waals surface area contributed by atoms with Gasteiger partial charge in [0.25, 0.3) is 0 Å². The molecule has 3 fully saturated rings. The quantitative estimate of drug-likeness (QED) is 0.711. The lowest BCUT2D eigenvalue weighted by Crippen LogP contribution is -2.37. The predicted molar refractivity (Wildman–Crippen MR) is 80.5 cm³/mol. The molecule has 3 heteroatoms. The second-order valence-corrected chi connectivity index (χ2v) is 6.93. The van der Waals surface area contributed by atoms with Gasteiger partial charge in [-0.25, -0.2) is 0 Å². The molecule has 1 N–H and O–H groups in total. The minimum absolute atomic E-state index is 0.851. The van der Waals surface area contributed by atoms with Crippen molar-refractivity contribution in [1.82, 2.24) is 15.1 Å². The first-order valence-electron chi connectivity index (χ1n) is 8.50. The van der Waals surface area contributed by atoms with Gasteiger partial charge in [0, 0.05) is 24.7 Å². The highest BCUT2D eigenvalue weighted by molar-refractivity contribution is 4.90. The summed E-state index contributed by atoms with van der Waals surface area (Å²) >= 11 is 0. The minimum Gasteiger partial charge on any atom is -0.314 e. The Morgan fingerprint density at radius 3 is 2.63 bits per heavy atom. The standard InChI is InChI=1S/C16H31N3/c1-18-15-7-8-16(18)13-19(12-9-15)11-4-2-3-10-17-14-5-6-14/h14-17H,2-13H2,1H3. The summed E-state index contributed by atoms with van der Waals surface area (Å²) in [6.07, 6.45) is 11.3. The molecule has 1 saturated carbocycles. The van der Waals surface area contributed by atoms with Crippen LogP contribution in [-0.2, 0) is 0 Å². The lowest BCUT2D eigenvalue weighted by atomic mass is 10.1. The first-order valence-corrected chi connectivity index (χ1v) is 8.50. The highest BCUT2D eigenvalue weighted by Gasteiger charge is 2.34. The fraction of sp³-hybridized carbons (Fsp3) is 1.00. The number of likely N-dealkylation sites (tertiary alicyclic amines) is 1. The largest absolute Gasteiger partial charge is 0.314 e. The van der Waals surface area contributed by atoms with Crippen molar-refractivity contribution in [2.45, 2.75) is 69.5 Å². The maximum atomic E-state index is 3.61. The van der Waals surface area contributed by atoms with E-state index in [2.05, 4.69) is 22.2 Å². The first-order chi connectivity index (χ1) is 9.33. The molecular weight excluding hydrogens is 234 g/mol. The lowest BCUT2D eigenvalue weighted by Gasteiger charge is -2.25. The number of nitrogens with one attached hydrogen (secondary N) is 1. The molecule has 0 amide bonds. The fourth-order valence-electron chi connectivity index (χ4n) is 3.81. The summed E-state index contributed by atoms with van der Waals surface area (Å²) < 4.78 is 0. The molecule has 3 aliphatic rings. The van der Waals surface area contributed by atoms with E-state index >= 15 is 0 Å². The van der Waals surface area contributed by atoms with E-state index in [4.69, 9.17) is 0 Å². The number of likely N-dealkylation sites (N-methyl/N-ethyl adjacent to an activating group) is 1. The number of hydrogen-bond acceptors (Lipinski definition) is 3. The van der Waals surface area contributed by atoms with E-state index in [-0.39, 0.29) is 0 Å². The van der Waals surface area contributed by atoms with Gasteiger partial charge in [0.15, 0.2) is 0 Å². The van der Waals surface area contributed by atoms with Gasteiger partial charge < -0.3 is 10.2 Å². The van der Waals surface area contributed by atoms with Crippen LogP contribution in [0.4, 0.5) is 0 Å². The van der Waals surface area contributed by atoms with Crippen LogP contribution >= 0.6 is 0 Å². The topological polar surface area (TPSA) is 18.5 Å². The Hall–Kier alpha value is -0.120. The fourth-order valence-corrected chi connectivity index (χ4v) is 3.81. The van der Waals surface area contributed by atoms with Crippen LogP contribution in [0.1, 0.15) is 51.4 Å². The van der Waals surface area contributed by atoms with Gasteiger partial charge in [0.05, 0.1) is 0 Å². The van der Waals surface area contributed by atoms with Crippen LogP contribution in [0.2, 0.25) is 0 Å². The van der Waals surface area contributed by atoms with E-state index in [9.17, 15) is 0 Å². The van der Waals surface area contributed by atoms with Crippen LogP contribution in [0.5, 0.6) is 0 Å². The predicted octanol–water partition coefficient (Wildman–Crippen LogP) is 2.08. The third-order valence-electron chi connectivity index (χ3n) is 5.39. The first kappa shape index (κ1) is 13.8. The van der Waals surface area contributed by atoms with Crippen molar-refractivity contribution in [2.75, 3.05) is 33.2 Å². The van der Waals surface area contributed by atoms with Gasteiger partial charge in [0.1, 0.15) is 0 Å². The zero-order chi connectivity index (χ0) is 13.1. The highest BCUT2D eigenvalue weighted by Crippen LogP contribution is 2.28. The van der Waals surface area contributed by atoms with E-state index in [1.54, 1.807) is 0 Å². The van der Waals surface area contributed by atoms with Gasteiger partial charge in [-0.2, -0.15) is 0 Å². The summed E-state index contributed by atoms with van der Waals surface area (Å²) in [4.78, 5) is 5.38. The smallest absolute Gasteiger partial charge is 0.0223 e. The van der Waals surface area contributed by atoms with Crippen molar-refractivity contribution in [2.24, 2.45) is 0 Å². The Kier molecular flexibility index (Phi) is 4.78. The number of fused-ring (bicyclic) bond motifs is 2. The monoisotopic (exact) mass is 265 g/mol. The lowest BCUT2D eigenvalue weighted by molar-refractivity contribution is 0.216. The molecule has 0 radical (unpaired) electrons. The number of rotatable bonds is 7. The highest BCUT2D eigenvalue weighted by atomic mass is 15.3. The van der Waals surface area contributed by atoms with Crippen LogP contribution in [0.3, 0.4) is 0 Å². The van der Waals surface area contributed by atoms with Crippen molar-refractivity contribution in [3.05, 3.63) is 0 Å². The van der Waals surface area contributed by atoms with Crippen molar-refractivity contribution < 1.29 is 0 Å². The normalized spacial score (nSPS) is 32.7. The van der Waals surface area contributed by atoms with Gasteiger partial charge in [-0.3, -0.25) is 4.90 Å². The van der Waals surface area contributed by atoms with Gasteiger partial charge in [-0.15, -0.1) is 0 Å². The number of nitrogens with zero attached hydrogens (tertiary/aromatic N) is 2. The van der Waals surface area contributed by atoms with Crippen LogP contribution in [-0.4, -0.2) is 61.2 Å². The molecule has 0 aromatic rings. The molecular formula is C16H31N3. The molecule has 1 aliphatic carbocycles. The molecule has 2 aliphatic heterocycles. The molecule has 19 heavy (non-hydrogen) atoms. The third kappa shape index (κ3) is 3.93. The van der Waals surface area contributed by atoms with Gasteiger partial charge >= 0.3 is 0 Å². The van der Waals surface area contributed by atoms with Crippen LogP contribution in [0, 0.1) is 0 Å². The molecule has 3 rings (SSSR count). The molecule has 2 bridgehead atoms. The summed E-state index contributed by atoms with van der Waals surface area (Å²) in [5.41, 5.74) is 0. The number of hydrogen-bond donors (Lipinski definition) is 1. The number of unbranched alkanes of at least 4 members (excludes halogenated alkanes) is 2. The average molecular weight is 265 g/mol. The summed E-state index contributed by atoms with van der Waals surface area (Å²) in [5.74, 6) is 0. The molecule has 110 valence electrons. The Morgan fingerprint density at radius 2 is 1.79 bits per heavy atom. The van der Waals surface area contributed by atoms with Gasteiger partial charge in [-0.05, 0) is 71.6 Å². The van der Waals surface area contributed by atoms with E-state index in [0.29, 0.717) is 0 Å². The molecule has 2 saturated heterocycles. The molecule has 0 spiro atoms. The Morgan fingerprint density at radius 1 is 0.947 bits per heavy atom. The SMILES string of the molecule is CN1C2CCC1CN(CCCCCNC1CC1)CC2. The summed E-state index contributed by atoms with van der Waals surface area (Å²) in [6, 6.07) is 2.62. The van der Waals surface area contributed by atoms with Crippen LogP contribution in [0.25, 0.3) is 0 Å². The second-order valence-electron chi connectivity index (χ2n) is 6.93. The van der Waals surface area contributed by atoms with Gasteiger partial charge in [-0.1, -0.05) is 6.42 Å². The molecule has 0 aromatic carbocycles. The molecule has 0 aromatic heterocycles. The van der Waals surface area contributed by atoms with Crippen LogP contribution in [0.15, 0.2) is 0 Å². The summed E-state index contributed by atoms with van der Waals surface area (Å²) in [7, 11) is 2.34. The summed E-state index contributed by atoms with van der Waals surface area (Å²) in [6.45, 7) is 5.25. The third-order valence-corrected chi connectivity index (χ3v) is 5.39. The van der Waals surface area contributed by atoms with E-state index in [1.165, 1.54) is 77.5 Å². The Labute approximate surface area is 118 Å². The zero-order valence-electron chi connectivity index (χ0n) is 12.6. The second kappa shape index (κ2) is 6.55. The van der Waals surface area contributed by atoms with E-state index in [0.717, 1.165) is 18.1 Å². The van der Waals surface area contributed by atoms with Crippen LogP contribution < -0.4 is 5.32 Å². The maximum Gasteiger partial charge on any atom is 0.0223 e. The molecule has 2 atom stereocenters. The molecule has 2 heterocycles. The van der Waals surface area contributed by atoms with Crippen molar-refractivity contribution in [1.29, 1.82) is 0 Å². The minimum atomic E-state index is 0.851. The van der Waals surface area contributed by atoms with Crippen molar-refractivity contribution in [3.8, 4) is 0 Å². The summed E-state index contributed by atoms with van der Waals surface area (Å²) in [5, 5.41) is 3.61. The van der Waals surface area contributed by atoms with Crippen molar-refractivity contribution in [3.63, 3.8) is 0 Å². The zero-order valence-corrected chi connectivity index (χ0v) is 12.6. The average Bonchev–Trinajstić information content (AvgIpc) is 3.15. The van der Waals surface area contributed by atoms with Crippen molar-refractivity contribution >= 4 is 0 Å². The Bertz CT molecular complexity index is 277. The molecule has 2 unspecified atom stereocenters. The van der Waals surface area contributed by atoms with E-state index < -0.39 is 0 Å².